The molecule has 2 amide bonds. The first-order chi connectivity index (χ1) is 8.74. The zero-order valence-electron chi connectivity index (χ0n) is 11.5. The number of hydrogen-bond acceptors (Lipinski definition) is 4. The van der Waals surface area contributed by atoms with Crippen molar-refractivity contribution in [3.05, 3.63) is 16.4 Å². The highest BCUT2D eigenvalue weighted by atomic mass is 35.5. The van der Waals surface area contributed by atoms with Crippen molar-refractivity contribution in [1.29, 1.82) is 0 Å². The Balaban J connectivity index is 2.31. The standard InChI is InChI=1S/C12H17ClN4O2/c1-7-8(10(13)16(4)15-7)6-17-9(18)5-14-12(2,3)11(17)19/h14H,5-6H2,1-4H3. The molecule has 19 heavy (non-hydrogen) atoms. The van der Waals surface area contributed by atoms with Crippen molar-refractivity contribution < 1.29 is 9.59 Å². The van der Waals surface area contributed by atoms with Crippen LogP contribution in [0.1, 0.15) is 25.1 Å². The maximum Gasteiger partial charge on any atom is 0.249 e. The molecule has 0 bridgehead atoms. The van der Waals surface area contributed by atoms with Gasteiger partial charge in [0, 0.05) is 12.6 Å². The minimum Gasteiger partial charge on any atom is -0.295 e. The third-order valence-electron chi connectivity index (χ3n) is 3.35. The van der Waals surface area contributed by atoms with Crippen LogP contribution in [-0.2, 0) is 23.2 Å². The summed E-state index contributed by atoms with van der Waals surface area (Å²) in [6.07, 6.45) is 0. The van der Waals surface area contributed by atoms with Crippen molar-refractivity contribution in [2.45, 2.75) is 32.9 Å². The van der Waals surface area contributed by atoms with Gasteiger partial charge in [-0.15, -0.1) is 0 Å². The quantitative estimate of drug-likeness (QED) is 0.809. The van der Waals surface area contributed by atoms with Crippen LogP contribution in [0.3, 0.4) is 0 Å². The van der Waals surface area contributed by atoms with Gasteiger partial charge in [-0.2, -0.15) is 5.10 Å². The topological polar surface area (TPSA) is 67.2 Å². The normalized spacial score (nSPS) is 19.1. The second-order valence-corrected chi connectivity index (χ2v) is 5.60. The summed E-state index contributed by atoms with van der Waals surface area (Å²) >= 11 is 6.14. The van der Waals surface area contributed by atoms with Gasteiger partial charge in [0.25, 0.3) is 0 Å². The van der Waals surface area contributed by atoms with Crippen LogP contribution in [0.2, 0.25) is 5.15 Å². The Morgan fingerprint density at radius 3 is 2.58 bits per heavy atom. The van der Waals surface area contributed by atoms with Crippen molar-refractivity contribution in [3.8, 4) is 0 Å². The van der Waals surface area contributed by atoms with Gasteiger partial charge in [0.05, 0.1) is 24.3 Å². The molecule has 0 aromatic carbocycles. The molecule has 1 aliphatic rings. The van der Waals surface area contributed by atoms with Crippen molar-refractivity contribution >= 4 is 23.4 Å². The molecule has 2 heterocycles. The molecule has 0 unspecified atom stereocenters. The number of halogens is 1. The fourth-order valence-electron chi connectivity index (χ4n) is 2.09. The van der Waals surface area contributed by atoms with Crippen LogP contribution in [0.4, 0.5) is 0 Å². The Morgan fingerprint density at radius 1 is 1.42 bits per heavy atom. The van der Waals surface area contributed by atoms with Gasteiger partial charge in [0.2, 0.25) is 11.8 Å². The van der Waals surface area contributed by atoms with Gasteiger partial charge in [0.1, 0.15) is 5.15 Å². The summed E-state index contributed by atoms with van der Waals surface area (Å²) in [4.78, 5) is 25.4. The van der Waals surface area contributed by atoms with Gasteiger partial charge in [-0.1, -0.05) is 11.6 Å². The molecule has 1 aromatic rings. The number of aryl methyl sites for hydroxylation is 2. The lowest BCUT2D eigenvalue weighted by atomic mass is 10.00. The van der Waals surface area contributed by atoms with Gasteiger partial charge in [-0.3, -0.25) is 24.5 Å². The minimum absolute atomic E-state index is 0.148. The molecule has 104 valence electrons. The van der Waals surface area contributed by atoms with Crippen molar-refractivity contribution in [2.75, 3.05) is 6.54 Å². The maximum atomic E-state index is 12.3. The predicted molar refractivity (Wildman–Crippen MR) is 70.6 cm³/mol. The molecule has 2 rings (SSSR count). The van der Waals surface area contributed by atoms with E-state index in [9.17, 15) is 9.59 Å². The van der Waals surface area contributed by atoms with Crippen LogP contribution in [0, 0.1) is 6.92 Å². The first kappa shape index (κ1) is 14.0. The van der Waals surface area contributed by atoms with E-state index >= 15 is 0 Å². The van der Waals surface area contributed by atoms with Crippen molar-refractivity contribution in [1.82, 2.24) is 20.0 Å². The molecule has 1 aliphatic heterocycles. The molecule has 1 aromatic heterocycles. The number of amides is 2. The average Bonchev–Trinajstić information content (AvgIpc) is 2.56. The molecule has 7 heteroatoms. The zero-order chi connectivity index (χ0) is 14.4. The van der Waals surface area contributed by atoms with Gasteiger partial charge < -0.3 is 0 Å². The Hall–Kier alpha value is -1.40. The second kappa shape index (κ2) is 4.61. The monoisotopic (exact) mass is 284 g/mol. The molecule has 0 aliphatic carbocycles. The number of aromatic nitrogens is 2. The fraction of sp³-hybridized carbons (Fsp3) is 0.583. The van der Waals surface area contributed by atoms with Gasteiger partial charge in [-0.25, -0.2) is 0 Å². The van der Waals surface area contributed by atoms with E-state index in [1.54, 1.807) is 20.9 Å². The fourth-order valence-corrected chi connectivity index (χ4v) is 2.32. The highest BCUT2D eigenvalue weighted by Gasteiger charge is 2.40. The number of hydrogen-bond donors (Lipinski definition) is 1. The molecule has 1 fully saturated rings. The van der Waals surface area contributed by atoms with Crippen LogP contribution in [-0.4, -0.2) is 38.6 Å². The van der Waals surface area contributed by atoms with Crippen LogP contribution in [0.25, 0.3) is 0 Å². The molecule has 0 atom stereocenters. The van der Waals surface area contributed by atoms with Crippen LogP contribution >= 0.6 is 11.6 Å². The third kappa shape index (κ3) is 2.37. The molecule has 6 nitrogen and oxygen atoms in total. The number of carbonyl (C=O) groups excluding carboxylic acids is 2. The SMILES string of the molecule is Cc1nn(C)c(Cl)c1CN1C(=O)CNC(C)(C)C1=O. The zero-order valence-corrected chi connectivity index (χ0v) is 12.2. The first-order valence-corrected chi connectivity index (χ1v) is 6.39. The van der Waals surface area contributed by atoms with E-state index in [1.165, 1.54) is 9.58 Å². The Bertz CT molecular complexity index is 550. The molecule has 0 spiro atoms. The number of nitrogens with one attached hydrogen (secondary N) is 1. The Kier molecular flexibility index (Phi) is 3.40. The van der Waals surface area contributed by atoms with E-state index in [4.69, 9.17) is 11.6 Å². The number of rotatable bonds is 2. The highest BCUT2D eigenvalue weighted by Crippen LogP contribution is 2.23. The Labute approximate surface area is 116 Å². The van der Waals surface area contributed by atoms with Crippen LogP contribution < -0.4 is 5.32 Å². The summed E-state index contributed by atoms with van der Waals surface area (Å²) in [6, 6.07) is 0. The van der Waals surface area contributed by atoms with E-state index in [0.717, 1.165) is 5.69 Å². The lowest BCUT2D eigenvalue weighted by Crippen LogP contribution is -2.63. The molecule has 1 N–H and O–H groups in total. The second-order valence-electron chi connectivity index (χ2n) is 5.24. The number of imide groups is 1. The first-order valence-electron chi connectivity index (χ1n) is 6.02. The predicted octanol–water partition coefficient (Wildman–Crippen LogP) is 0.619. The van der Waals surface area contributed by atoms with E-state index in [0.29, 0.717) is 10.7 Å². The number of nitrogens with zero attached hydrogens (tertiary/aromatic N) is 3. The van der Waals surface area contributed by atoms with Gasteiger partial charge >= 0.3 is 0 Å². The van der Waals surface area contributed by atoms with Gasteiger partial charge in [-0.05, 0) is 20.8 Å². The Morgan fingerprint density at radius 2 is 2.05 bits per heavy atom. The van der Waals surface area contributed by atoms with Crippen LogP contribution in [0.15, 0.2) is 0 Å². The maximum absolute atomic E-state index is 12.3. The minimum atomic E-state index is -0.740. The summed E-state index contributed by atoms with van der Waals surface area (Å²) < 4.78 is 1.54. The summed E-state index contributed by atoms with van der Waals surface area (Å²) in [5, 5.41) is 7.55. The lowest BCUT2D eigenvalue weighted by Gasteiger charge is -2.36. The molecular weight excluding hydrogens is 268 g/mol. The lowest BCUT2D eigenvalue weighted by molar-refractivity contribution is -0.153. The van der Waals surface area contributed by atoms with Crippen LogP contribution in [0.5, 0.6) is 0 Å². The third-order valence-corrected chi connectivity index (χ3v) is 3.82. The summed E-state index contributed by atoms with van der Waals surface area (Å²) in [5.74, 6) is -0.494. The van der Waals surface area contributed by atoms with E-state index in [2.05, 4.69) is 10.4 Å². The number of carbonyl (C=O) groups is 2. The van der Waals surface area contributed by atoms with E-state index < -0.39 is 5.54 Å². The summed E-state index contributed by atoms with van der Waals surface area (Å²) in [7, 11) is 1.73. The van der Waals surface area contributed by atoms with E-state index in [1.807, 2.05) is 6.92 Å². The summed E-state index contributed by atoms with van der Waals surface area (Å²) in [5.41, 5.74) is 0.698. The number of piperazine rings is 1. The highest BCUT2D eigenvalue weighted by molar-refractivity contribution is 6.30. The molecular formula is C12H17ClN4O2. The summed E-state index contributed by atoms with van der Waals surface area (Å²) in [6.45, 7) is 5.64. The average molecular weight is 285 g/mol. The van der Waals surface area contributed by atoms with E-state index in [-0.39, 0.29) is 24.9 Å². The molecule has 0 saturated carbocycles. The van der Waals surface area contributed by atoms with Crippen molar-refractivity contribution in [2.24, 2.45) is 7.05 Å². The smallest absolute Gasteiger partial charge is 0.249 e. The molecule has 0 radical (unpaired) electrons. The largest absolute Gasteiger partial charge is 0.295 e. The van der Waals surface area contributed by atoms with Gasteiger partial charge in [0.15, 0.2) is 0 Å². The van der Waals surface area contributed by atoms with Crippen molar-refractivity contribution in [3.63, 3.8) is 0 Å². The molecule has 1 saturated heterocycles.